The summed E-state index contributed by atoms with van der Waals surface area (Å²) in [6.45, 7) is 1.68. The second kappa shape index (κ2) is 8.42. The van der Waals surface area contributed by atoms with Crippen LogP contribution in [0.15, 0.2) is 63.5 Å². The molecule has 1 aromatic heterocycles. The molecule has 2 aromatic carbocycles. The predicted octanol–water partition coefficient (Wildman–Crippen LogP) is 3.85. The molecule has 0 spiro atoms. The molecule has 0 amide bonds. The highest BCUT2D eigenvalue weighted by molar-refractivity contribution is 7.07. The molecule has 0 saturated heterocycles. The highest BCUT2D eigenvalue weighted by Crippen LogP contribution is 2.31. The van der Waals surface area contributed by atoms with Crippen LogP contribution in [0.4, 0.5) is 4.39 Å². The molecule has 9 heteroatoms. The standard InChI is InChI=1S/C22H15Cl2FN2O3S/c1-11-18(21(29)30-2)19(12-6-8-13(23)9-7-12)27-20(28)17(31-22(27)26-11)10-14-15(24)4-3-5-16(14)25/h3-10,19H,1-2H3. The fourth-order valence-corrected chi connectivity index (χ4v) is 4.80. The Morgan fingerprint density at radius 3 is 2.58 bits per heavy atom. The number of hydrogen-bond acceptors (Lipinski definition) is 5. The fourth-order valence-electron chi connectivity index (χ4n) is 3.43. The van der Waals surface area contributed by atoms with Gasteiger partial charge < -0.3 is 4.74 Å². The Bertz CT molecular complexity index is 1390. The van der Waals surface area contributed by atoms with E-state index in [1.807, 2.05) is 0 Å². The first-order valence-corrected chi connectivity index (χ1v) is 10.7. The Kier molecular flexibility index (Phi) is 5.83. The summed E-state index contributed by atoms with van der Waals surface area (Å²) in [5, 5.41) is 0.706. The highest BCUT2D eigenvalue weighted by Gasteiger charge is 2.33. The average molecular weight is 477 g/mol. The molecule has 0 radical (unpaired) electrons. The van der Waals surface area contributed by atoms with E-state index in [2.05, 4.69) is 4.99 Å². The van der Waals surface area contributed by atoms with Gasteiger partial charge in [-0.1, -0.05) is 52.7 Å². The number of thiazole rings is 1. The number of aromatic nitrogens is 1. The fraction of sp³-hybridized carbons (Fsp3) is 0.136. The van der Waals surface area contributed by atoms with E-state index in [4.69, 9.17) is 27.9 Å². The molecule has 0 N–H and O–H groups in total. The Hall–Kier alpha value is -2.74. The van der Waals surface area contributed by atoms with Gasteiger partial charge in [-0.2, -0.15) is 0 Å². The number of benzene rings is 2. The molecular weight excluding hydrogens is 462 g/mol. The van der Waals surface area contributed by atoms with Crippen molar-refractivity contribution in [2.24, 2.45) is 4.99 Å². The lowest BCUT2D eigenvalue weighted by Crippen LogP contribution is -2.39. The van der Waals surface area contributed by atoms with Gasteiger partial charge in [0.1, 0.15) is 5.82 Å². The third kappa shape index (κ3) is 3.84. The molecule has 4 rings (SSSR count). The number of methoxy groups -OCH3 is 1. The summed E-state index contributed by atoms with van der Waals surface area (Å²) >= 11 is 13.2. The van der Waals surface area contributed by atoms with Gasteiger partial charge in [-0.15, -0.1) is 0 Å². The lowest BCUT2D eigenvalue weighted by atomic mass is 9.96. The van der Waals surface area contributed by atoms with Gasteiger partial charge in [0.05, 0.1) is 34.0 Å². The van der Waals surface area contributed by atoms with Crippen molar-refractivity contribution in [3.63, 3.8) is 0 Å². The number of hydrogen-bond donors (Lipinski definition) is 0. The van der Waals surface area contributed by atoms with Crippen LogP contribution in [0.2, 0.25) is 10.0 Å². The number of ether oxygens (including phenoxy) is 1. The van der Waals surface area contributed by atoms with E-state index in [1.54, 1.807) is 37.3 Å². The number of halogens is 3. The van der Waals surface area contributed by atoms with Crippen LogP contribution in [-0.4, -0.2) is 17.6 Å². The highest BCUT2D eigenvalue weighted by atomic mass is 35.5. The summed E-state index contributed by atoms with van der Waals surface area (Å²) in [4.78, 5) is 30.8. The maximum absolute atomic E-state index is 14.3. The molecule has 0 aliphatic carbocycles. The Morgan fingerprint density at radius 2 is 1.94 bits per heavy atom. The zero-order chi connectivity index (χ0) is 22.3. The third-order valence-electron chi connectivity index (χ3n) is 4.89. The van der Waals surface area contributed by atoms with Crippen LogP contribution in [0.25, 0.3) is 6.08 Å². The van der Waals surface area contributed by atoms with Crippen LogP contribution in [0.3, 0.4) is 0 Å². The molecule has 0 saturated carbocycles. The maximum atomic E-state index is 14.3. The van der Waals surface area contributed by atoms with Crippen molar-refractivity contribution >= 4 is 46.6 Å². The Balaban J connectivity index is 2.01. The molecule has 31 heavy (non-hydrogen) atoms. The zero-order valence-electron chi connectivity index (χ0n) is 16.4. The SMILES string of the molecule is COC(=O)C1=C(C)N=c2sc(=Cc3c(F)cccc3Cl)c(=O)n2C1c1ccc(Cl)cc1. The first-order valence-electron chi connectivity index (χ1n) is 9.12. The minimum atomic E-state index is -0.765. The Morgan fingerprint density at radius 1 is 1.23 bits per heavy atom. The average Bonchev–Trinajstić information content (AvgIpc) is 3.04. The molecule has 1 unspecified atom stereocenters. The second-order valence-electron chi connectivity index (χ2n) is 6.76. The summed E-state index contributed by atoms with van der Waals surface area (Å²) in [6.07, 6.45) is 1.40. The molecule has 0 fully saturated rings. The number of fused-ring (bicyclic) bond motifs is 1. The van der Waals surface area contributed by atoms with Crippen molar-refractivity contribution in [2.75, 3.05) is 7.11 Å². The summed E-state index contributed by atoms with van der Waals surface area (Å²) in [5.74, 6) is -1.13. The summed E-state index contributed by atoms with van der Waals surface area (Å²) in [7, 11) is 1.27. The number of esters is 1. The minimum absolute atomic E-state index is 0.112. The quantitative estimate of drug-likeness (QED) is 0.539. The number of nitrogens with zero attached hydrogens (tertiary/aromatic N) is 2. The van der Waals surface area contributed by atoms with Crippen molar-refractivity contribution < 1.29 is 13.9 Å². The lowest BCUT2D eigenvalue weighted by molar-refractivity contribution is -0.136. The van der Waals surface area contributed by atoms with Gasteiger partial charge in [-0.3, -0.25) is 9.36 Å². The number of carbonyl (C=O) groups excluding carboxylic acids is 1. The molecule has 1 atom stereocenters. The van der Waals surface area contributed by atoms with Gasteiger partial charge in [0.15, 0.2) is 4.80 Å². The van der Waals surface area contributed by atoms with Gasteiger partial charge in [0.2, 0.25) is 0 Å². The first-order chi connectivity index (χ1) is 14.8. The van der Waals surface area contributed by atoms with Gasteiger partial charge >= 0.3 is 5.97 Å². The first kappa shape index (κ1) is 21.5. The monoisotopic (exact) mass is 476 g/mol. The molecule has 1 aliphatic heterocycles. The van der Waals surface area contributed by atoms with Crippen LogP contribution < -0.4 is 14.9 Å². The van der Waals surface area contributed by atoms with Gasteiger partial charge in [-0.25, -0.2) is 14.2 Å². The molecule has 3 aromatic rings. The van der Waals surface area contributed by atoms with E-state index in [-0.39, 0.29) is 20.7 Å². The van der Waals surface area contributed by atoms with Crippen LogP contribution in [0, 0.1) is 5.82 Å². The molecule has 1 aliphatic rings. The van der Waals surface area contributed by atoms with Crippen LogP contribution in [0.5, 0.6) is 0 Å². The van der Waals surface area contributed by atoms with E-state index in [0.29, 0.717) is 21.1 Å². The third-order valence-corrected chi connectivity index (χ3v) is 6.45. The topological polar surface area (TPSA) is 60.7 Å². The minimum Gasteiger partial charge on any atom is -0.466 e. The van der Waals surface area contributed by atoms with Crippen molar-refractivity contribution in [1.82, 2.24) is 4.57 Å². The van der Waals surface area contributed by atoms with Gasteiger partial charge in [0.25, 0.3) is 5.56 Å². The van der Waals surface area contributed by atoms with Crippen LogP contribution >= 0.6 is 34.5 Å². The predicted molar refractivity (Wildman–Crippen MR) is 119 cm³/mol. The van der Waals surface area contributed by atoms with E-state index < -0.39 is 23.4 Å². The Labute approximate surface area is 190 Å². The number of carbonyl (C=O) groups is 1. The van der Waals surface area contributed by atoms with Crippen molar-refractivity contribution in [3.05, 3.63) is 100 Å². The van der Waals surface area contributed by atoms with E-state index in [0.717, 1.165) is 11.3 Å². The summed E-state index contributed by atoms with van der Waals surface area (Å²) in [5.41, 5.74) is 1.03. The molecule has 2 heterocycles. The normalized spacial score (nSPS) is 16.2. The zero-order valence-corrected chi connectivity index (χ0v) is 18.7. The van der Waals surface area contributed by atoms with Gasteiger partial charge in [0, 0.05) is 10.6 Å². The number of rotatable bonds is 3. The second-order valence-corrected chi connectivity index (χ2v) is 8.61. The van der Waals surface area contributed by atoms with Crippen LogP contribution in [0.1, 0.15) is 24.1 Å². The van der Waals surface area contributed by atoms with E-state index in [1.165, 1.54) is 29.9 Å². The van der Waals surface area contributed by atoms with E-state index in [9.17, 15) is 14.0 Å². The van der Waals surface area contributed by atoms with Crippen LogP contribution in [-0.2, 0) is 9.53 Å². The molecule has 0 bridgehead atoms. The van der Waals surface area contributed by atoms with Crippen molar-refractivity contribution in [1.29, 1.82) is 0 Å². The summed E-state index contributed by atoms with van der Waals surface area (Å²) < 4.78 is 20.9. The molecular formula is C22H15Cl2FN2O3S. The molecule has 5 nitrogen and oxygen atoms in total. The summed E-state index contributed by atoms with van der Waals surface area (Å²) in [6, 6.07) is 10.4. The van der Waals surface area contributed by atoms with E-state index >= 15 is 0 Å². The van der Waals surface area contributed by atoms with Crippen molar-refractivity contribution in [2.45, 2.75) is 13.0 Å². The smallest absolute Gasteiger partial charge is 0.338 e. The van der Waals surface area contributed by atoms with Gasteiger partial charge in [-0.05, 0) is 42.8 Å². The lowest BCUT2D eigenvalue weighted by Gasteiger charge is -2.24. The molecule has 158 valence electrons. The van der Waals surface area contributed by atoms with Crippen molar-refractivity contribution in [3.8, 4) is 0 Å². The number of allylic oxidation sites excluding steroid dienone is 1. The largest absolute Gasteiger partial charge is 0.466 e. The maximum Gasteiger partial charge on any atom is 0.338 e.